The molecular weight excluding hydrogens is 513 g/mol. The Morgan fingerprint density at radius 3 is 2.46 bits per heavy atom. The van der Waals surface area contributed by atoms with Gasteiger partial charge in [-0.15, -0.1) is 0 Å². The Bertz CT molecular complexity index is 1300. The van der Waals surface area contributed by atoms with E-state index in [-0.39, 0.29) is 5.78 Å². The Hall–Kier alpha value is -3.22. The molecule has 0 saturated carbocycles. The first-order valence-corrected chi connectivity index (χ1v) is 13.1. The Morgan fingerprint density at radius 1 is 1.00 bits per heavy atom. The lowest BCUT2D eigenvalue weighted by molar-refractivity contribution is -0.139. The number of carboxylic acid groups (broad SMARTS) is 1. The summed E-state index contributed by atoms with van der Waals surface area (Å²) in [7, 11) is 0. The summed E-state index contributed by atoms with van der Waals surface area (Å²) in [5, 5.41) is 10.5. The highest BCUT2D eigenvalue weighted by Crippen LogP contribution is 2.42. The van der Waals surface area contributed by atoms with Gasteiger partial charge in [0.05, 0.1) is 17.5 Å². The molecule has 1 saturated heterocycles. The van der Waals surface area contributed by atoms with Gasteiger partial charge in [-0.2, -0.15) is 0 Å². The maximum absolute atomic E-state index is 12.9. The van der Waals surface area contributed by atoms with Crippen LogP contribution in [0.1, 0.15) is 47.5 Å². The number of nitrogens with zero attached hydrogens (tertiary/aromatic N) is 1. The van der Waals surface area contributed by atoms with Crippen LogP contribution < -0.4 is 14.4 Å². The number of aliphatic carboxylic acids is 1. The standard InChI is InChI=1S/C29H27Cl2NO5/c30-20-2-1-3-21(15-20)32-11-8-18(9-12-32)14-26(33)19-4-6-22(7-5-19)37-28-17-27-24(16-25(28)31)23(29(34)35)10-13-36-27/h1-7,15-18,23H,8-14H2,(H,34,35). The quantitative estimate of drug-likeness (QED) is 0.319. The number of anilines is 1. The maximum Gasteiger partial charge on any atom is 0.311 e. The van der Waals surface area contributed by atoms with Crippen LogP contribution >= 0.6 is 23.2 Å². The third-order valence-electron chi connectivity index (χ3n) is 7.07. The maximum atomic E-state index is 12.9. The van der Waals surface area contributed by atoms with Gasteiger partial charge in [0.25, 0.3) is 0 Å². The molecule has 0 spiro atoms. The average Bonchev–Trinajstić information content (AvgIpc) is 2.89. The van der Waals surface area contributed by atoms with Crippen LogP contribution in [-0.4, -0.2) is 36.6 Å². The number of carboxylic acids is 1. The predicted octanol–water partition coefficient (Wildman–Crippen LogP) is 7.23. The summed E-state index contributed by atoms with van der Waals surface area (Å²) in [4.78, 5) is 26.8. The SMILES string of the molecule is O=C(CC1CCN(c2cccc(Cl)c2)CC1)c1ccc(Oc2cc3c(cc2Cl)C(C(=O)O)CCO3)cc1. The molecule has 1 fully saturated rings. The first-order valence-electron chi connectivity index (χ1n) is 12.4. The largest absolute Gasteiger partial charge is 0.493 e. The fraction of sp³-hybridized carbons (Fsp3) is 0.310. The zero-order chi connectivity index (χ0) is 25.9. The third kappa shape index (κ3) is 5.86. The number of hydrogen-bond donors (Lipinski definition) is 1. The summed E-state index contributed by atoms with van der Waals surface area (Å²) >= 11 is 12.5. The van der Waals surface area contributed by atoms with Crippen LogP contribution in [0.2, 0.25) is 10.0 Å². The molecule has 2 aliphatic heterocycles. The number of ketones is 1. The number of benzene rings is 3. The van der Waals surface area contributed by atoms with E-state index in [2.05, 4.69) is 11.0 Å². The van der Waals surface area contributed by atoms with Gasteiger partial charge in [0.2, 0.25) is 0 Å². The van der Waals surface area contributed by atoms with E-state index < -0.39 is 11.9 Å². The van der Waals surface area contributed by atoms with E-state index in [0.29, 0.717) is 58.8 Å². The molecule has 192 valence electrons. The molecule has 2 heterocycles. The molecule has 0 aromatic heterocycles. The Balaban J connectivity index is 1.18. The van der Waals surface area contributed by atoms with Crippen LogP contribution in [0.5, 0.6) is 17.2 Å². The van der Waals surface area contributed by atoms with Crippen molar-refractivity contribution in [1.29, 1.82) is 0 Å². The van der Waals surface area contributed by atoms with Gasteiger partial charge in [-0.1, -0.05) is 29.3 Å². The molecule has 5 rings (SSSR count). The lowest BCUT2D eigenvalue weighted by Crippen LogP contribution is -2.34. The first kappa shape index (κ1) is 25.4. The van der Waals surface area contributed by atoms with Crippen molar-refractivity contribution in [2.75, 3.05) is 24.6 Å². The second-order valence-corrected chi connectivity index (χ2v) is 10.4. The molecule has 3 aromatic carbocycles. The van der Waals surface area contributed by atoms with Crippen LogP contribution in [0.4, 0.5) is 5.69 Å². The molecule has 1 unspecified atom stereocenters. The number of carbonyl (C=O) groups is 2. The molecule has 8 heteroatoms. The van der Waals surface area contributed by atoms with Crippen LogP contribution in [0.3, 0.4) is 0 Å². The van der Waals surface area contributed by atoms with Crippen molar-refractivity contribution >= 4 is 40.6 Å². The highest BCUT2D eigenvalue weighted by atomic mass is 35.5. The van der Waals surface area contributed by atoms with E-state index in [0.717, 1.165) is 36.6 Å². The monoisotopic (exact) mass is 539 g/mol. The number of Topliss-reactive ketones (excluding diaryl/α,β-unsaturated/α-hetero) is 1. The number of carbonyl (C=O) groups excluding carboxylic acids is 1. The second kappa shape index (κ2) is 11.0. The smallest absolute Gasteiger partial charge is 0.311 e. The second-order valence-electron chi connectivity index (χ2n) is 9.51. The van der Waals surface area contributed by atoms with Crippen molar-refractivity contribution in [2.45, 2.75) is 31.6 Å². The summed E-state index contributed by atoms with van der Waals surface area (Å²) in [6, 6.07) is 18.1. The highest BCUT2D eigenvalue weighted by Gasteiger charge is 2.29. The van der Waals surface area contributed by atoms with E-state index in [9.17, 15) is 14.7 Å². The van der Waals surface area contributed by atoms with Crippen molar-refractivity contribution in [3.63, 3.8) is 0 Å². The summed E-state index contributed by atoms with van der Waals surface area (Å²) in [5.41, 5.74) is 2.32. The zero-order valence-electron chi connectivity index (χ0n) is 20.2. The number of hydrogen-bond acceptors (Lipinski definition) is 5. The molecule has 37 heavy (non-hydrogen) atoms. The van der Waals surface area contributed by atoms with Crippen molar-refractivity contribution in [2.24, 2.45) is 5.92 Å². The van der Waals surface area contributed by atoms with E-state index in [4.69, 9.17) is 32.7 Å². The van der Waals surface area contributed by atoms with Gasteiger partial charge in [0, 0.05) is 47.4 Å². The molecule has 1 atom stereocenters. The molecule has 6 nitrogen and oxygen atoms in total. The van der Waals surface area contributed by atoms with E-state index in [1.54, 1.807) is 36.4 Å². The van der Waals surface area contributed by atoms with Gasteiger partial charge in [0.1, 0.15) is 17.2 Å². The normalized spacial score (nSPS) is 17.6. The molecule has 0 aliphatic carbocycles. The highest BCUT2D eigenvalue weighted by molar-refractivity contribution is 6.32. The van der Waals surface area contributed by atoms with E-state index >= 15 is 0 Å². The number of fused-ring (bicyclic) bond motifs is 1. The minimum Gasteiger partial charge on any atom is -0.493 e. The lowest BCUT2D eigenvalue weighted by Gasteiger charge is -2.33. The summed E-state index contributed by atoms with van der Waals surface area (Å²) < 4.78 is 11.6. The zero-order valence-corrected chi connectivity index (χ0v) is 21.7. The molecular formula is C29H27Cl2NO5. The number of halogens is 2. The minimum absolute atomic E-state index is 0.118. The summed E-state index contributed by atoms with van der Waals surface area (Å²) in [6.45, 7) is 2.13. The van der Waals surface area contributed by atoms with Crippen LogP contribution in [0.25, 0.3) is 0 Å². The van der Waals surface area contributed by atoms with Crippen molar-refractivity contribution in [3.05, 3.63) is 81.8 Å². The number of ether oxygens (including phenoxy) is 2. The minimum atomic E-state index is -0.902. The van der Waals surface area contributed by atoms with Gasteiger partial charge in [0.15, 0.2) is 5.78 Å². The number of piperidine rings is 1. The van der Waals surface area contributed by atoms with E-state index in [1.165, 1.54) is 0 Å². The molecule has 3 aromatic rings. The summed E-state index contributed by atoms with van der Waals surface area (Å²) in [6.07, 6.45) is 2.83. The Morgan fingerprint density at radius 2 is 1.76 bits per heavy atom. The molecule has 2 aliphatic rings. The molecule has 0 bridgehead atoms. The average molecular weight is 540 g/mol. The van der Waals surface area contributed by atoms with Crippen LogP contribution in [0, 0.1) is 5.92 Å². The fourth-order valence-corrected chi connectivity index (χ4v) is 5.40. The van der Waals surface area contributed by atoms with Gasteiger partial charge in [-0.3, -0.25) is 9.59 Å². The van der Waals surface area contributed by atoms with Crippen LogP contribution in [-0.2, 0) is 4.79 Å². The molecule has 0 radical (unpaired) electrons. The molecule has 1 N–H and O–H groups in total. The number of rotatable bonds is 7. The lowest BCUT2D eigenvalue weighted by atomic mass is 9.89. The van der Waals surface area contributed by atoms with Crippen molar-refractivity contribution in [1.82, 2.24) is 0 Å². The van der Waals surface area contributed by atoms with Crippen molar-refractivity contribution in [3.8, 4) is 17.2 Å². The van der Waals surface area contributed by atoms with Gasteiger partial charge in [-0.25, -0.2) is 0 Å². The van der Waals surface area contributed by atoms with Gasteiger partial charge in [-0.05, 0) is 73.7 Å². The third-order valence-corrected chi connectivity index (χ3v) is 7.60. The van der Waals surface area contributed by atoms with Crippen molar-refractivity contribution < 1.29 is 24.2 Å². The fourth-order valence-electron chi connectivity index (χ4n) is 5.01. The molecule has 0 amide bonds. The predicted molar refractivity (Wildman–Crippen MR) is 144 cm³/mol. The van der Waals surface area contributed by atoms with Crippen LogP contribution in [0.15, 0.2) is 60.7 Å². The topological polar surface area (TPSA) is 76.1 Å². The first-order chi connectivity index (χ1) is 17.9. The summed E-state index contributed by atoms with van der Waals surface area (Å²) in [5.74, 6) is 0.281. The van der Waals surface area contributed by atoms with Gasteiger partial charge >= 0.3 is 5.97 Å². The van der Waals surface area contributed by atoms with Gasteiger partial charge < -0.3 is 19.5 Å². The Labute approximate surface area is 225 Å². The van der Waals surface area contributed by atoms with E-state index in [1.807, 2.05) is 18.2 Å². The Kier molecular flexibility index (Phi) is 7.58.